The van der Waals surface area contributed by atoms with Gasteiger partial charge in [0.25, 0.3) is 0 Å². The monoisotopic (exact) mass is 318 g/mol. The smallest absolute Gasteiger partial charge is 0.244 e. The molecule has 1 unspecified atom stereocenters. The number of hydrogen-bond donors (Lipinski definition) is 2. The van der Waals surface area contributed by atoms with Crippen molar-refractivity contribution >= 4 is 21.8 Å². The predicted molar refractivity (Wildman–Crippen MR) is 81.5 cm³/mol. The first kappa shape index (κ1) is 15.9. The van der Waals surface area contributed by atoms with Gasteiger partial charge in [-0.05, 0) is 32.6 Å². The van der Waals surface area contributed by atoms with Crippen LogP contribution >= 0.6 is 11.8 Å². The van der Waals surface area contributed by atoms with Crippen molar-refractivity contribution in [1.29, 1.82) is 0 Å². The molecule has 2 rings (SSSR count). The Balaban J connectivity index is 2.01. The molecule has 1 aromatic heterocycles. The Morgan fingerprint density at radius 1 is 1.45 bits per heavy atom. The second-order valence-corrected chi connectivity index (χ2v) is 8.15. The van der Waals surface area contributed by atoms with Gasteiger partial charge >= 0.3 is 0 Å². The van der Waals surface area contributed by atoms with Gasteiger partial charge in [-0.15, -0.1) is 0 Å². The lowest BCUT2D eigenvalue weighted by Crippen LogP contribution is -2.32. The first-order valence-electron chi connectivity index (χ1n) is 6.88. The molecule has 0 saturated carbocycles. The molecular weight excluding hydrogens is 296 g/mol. The van der Waals surface area contributed by atoms with Crippen molar-refractivity contribution in [3.05, 3.63) is 17.6 Å². The van der Waals surface area contributed by atoms with Crippen LogP contribution in [0.2, 0.25) is 0 Å². The quantitative estimate of drug-likeness (QED) is 0.838. The summed E-state index contributed by atoms with van der Waals surface area (Å²) in [5, 5.41) is 3.34. The fraction of sp³-hybridized carbons (Fsp3) is 0.692. The van der Waals surface area contributed by atoms with E-state index in [2.05, 4.69) is 10.0 Å². The molecule has 0 radical (unpaired) electrons. The Kier molecular flexibility index (Phi) is 5.54. The van der Waals surface area contributed by atoms with Gasteiger partial charge in [0.05, 0.1) is 6.54 Å². The summed E-state index contributed by atoms with van der Waals surface area (Å²) < 4.78 is 32.8. The standard InChI is InChI=1S/C13H22N2O3S2/c1-10-13(7-11(18-10)8-14-2)20(16,17)15-9-12-5-3-4-6-19-12/h7,12,14-15H,3-6,8-9H2,1-2H3. The summed E-state index contributed by atoms with van der Waals surface area (Å²) in [7, 11) is -1.68. The highest BCUT2D eigenvalue weighted by atomic mass is 32.2. The van der Waals surface area contributed by atoms with Crippen LogP contribution in [0, 0.1) is 6.92 Å². The second kappa shape index (κ2) is 6.98. The average molecular weight is 318 g/mol. The van der Waals surface area contributed by atoms with Crippen LogP contribution in [-0.4, -0.2) is 33.0 Å². The molecule has 1 saturated heterocycles. The molecule has 1 aliphatic heterocycles. The van der Waals surface area contributed by atoms with Gasteiger partial charge in [0.2, 0.25) is 10.0 Å². The summed E-state index contributed by atoms with van der Waals surface area (Å²) in [6.45, 7) is 2.71. The molecule has 2 N–H and O–H groups in total. The SMILES string of the molecule is CNCc1cc(S(=O)(=O)NCC2CCCCS2)c(C)o1. The molecule has 20 heavy (non-hydrogen) atoms. The maximum Gasteiger partial charge on any atom is 0.244 e. The zero-order chi connectivity index (χ0) is 14.6. The first-order valence-corrected chi connectivity index (χ1v) is 9.41. The van der Waals surface area contributed by atoms with Gasteiger partial charge in [-0.25, -0.2) is 13.1 Å². The lowest BCUT2D eigenvalue weighted by Gasteiger charge is -2.21. The minimum atomic E-state index is -3.47. The van der Waals surface area contributed by atoms with Crippen molar-refractivity contribution in [2.75, 3.05) is 19.3 Å². The Labute approximate surface area is 124 Å². The highest BCUT2D eigenvalue weighted by Crippen LogP contribution is 2.25. The van der Waals surface area contributed by atoms with Gasteiger partial charge in [0.1, 0.15) is 16.4 Å². The topological polar surface area (TPSA) is 71.3 Å². The van der Waals surface area contributed by atoms with Crippen molar-refractivity contribution in [1.82, 2.24) is 10.0 Å². The number of furan rings is 1. The van der Waals surface area contributed by atoms with Gasteiger partial charge in [0, 0.05) is 17.9 Å². The van der Waals surface area contributed by atoms with E-state index in [9.17, 15) is 8.42 Å². The third-order valence-corrected chi connectivity index (χ3v) is 6.27. The van der Waals surface area contributed by atoms with E-state index in [0.29, 0.717) is 29.9 Å². The normalized spacial score (nSPS) is 20.2. The Hall–Kier alpha value is -0.500. The van der Waals surface area contributed by atoms with E-state index < -0.39 is 10.0 Å². The Bertz CT molecular complexity index is 534. The van der Waals surface area contributed by atoms with E-state index in [4.69, 9.17) is 4.42 Å². The maximum absolute atomic E-state index is 12.3. The molecule has 0 bridgehead atoms. The molecular formula is C13H22N2O3S2. The van der Waals surface area contributed by atoms with Gasteiger partial charge in [-0.3, -0.25) is 0 Å². The third kappa shape index (κ3) is 4.00. The van der Waals surface area contributed by atoms with Crippen molar-refractivity contribution in [3.63, 3.8) is 0 Å². The molecule has 0 aliphatic carbocycles. The molecule has 5 nitrogen and oxygen atoms in total. The van der Waals surface area contributed by atoms with Crippen LogP contribution < -0.4 is 10.0 Å². The highest BCUT2D eigenvalue weighted by Gasteiger charge is 2.23. The van der Waals surface area contributed by atoms with Crippen LogP contribution in [0.4, 0.5) is 0 Å². The summed E-state index contributed by atoms with van der Waals surface area (Å²) in [4.78, 5) is 0.253. The number of nitrogens with one attached hydrogen (secondary N) is 2. The van der Waals surface area contributed by atoms with Crippen LogP contribution in [0.25, 0.3) is 0 Å². The van der Waals surface area contributed by atoms with Gasteiger partial charge in [-0.2, -0.15) is 11.8 Å². The van der Waals surface area contributed by atoms with Crippen LogP contribution in [0.5, 0.6) is 0 Å². The van der Waals surface area contributed by atoms with Gasteiger partial charge in [0.15, 0.2) is 0 Å². The summed E-state index contributed by atoms with van der Waals surface area (Å²) in [5.41, 5.74) is 0. The number of sulfonamides is 1. The van der Waals surface area contributed by atoms with E-state index in [1.807, 2.05) is 11.8 Å². The lowest BCUT2D eigenvalue weighted by atomic mass is 10.2. The second-order valence-electron chi connectivity index (χ2n) is 5.00. The highest BCUT2D eigenvalue weighted by molar-refractivity contribution is 8.00. The fourth-order valence-corrected chi connectivity index (χ4v) is 4.93. The Morgan fingerprint density at radius 2 is 2.25 bits per heavy atom. The molecule has 0 aromatic carbocycles. The molecule has 1 aliphatic rings. The molecule has 0 amide bonds. The minimum absolute atomic E-state index is 0.253. The van der Waals surface area contributed by atoms with Crippen molar-refractivity contribution in [2.24, 2.45) is 0 Å². The third-order valence-electron chi connectivity index (χ3n) is 3.34. The van der Waals surface area contributed by atoms with E-state index in [1.54, 1.807) is 20.0 Å². The molecule has 2 heterocycles. The van der Waals surface area contributed by atoms with Crippen molar-refractivity contribution in [2.45, 2.75) is 42.9 Å². The van der Waals surface area contributed by atoms with E-state index in [-0.39, 0.29) is 4.90 Å². The molecule has 0 spiro atoms. The van der Waals surface area contributed by atoms with E-state index >= 15 is 0 Å². The molecule has 114 valence electrons. The fourth-order valence-electron chi connectivity index (χ4n) is 2.30. The largest absolute Gasteiger partial charge is 0.464 e. The molecule has 7 heteroatoms. The zero-order valence-corrected chi connectivity index (χ0v) is 13.6. The lowest BCUT2D eigenvalue weighted by molar-refractivity contribution is 0.465. The summed E-state index contributed by atoms with van der Waals surface area (Å²) in [5.74, 6) is 2.21. The number of aryl methyl sites for hydroxylation is 1. The number of hydrogen-bond acceptors (Lipinski definition) is 5. The van der Waals surface area contributed by atoms with Crippen LogP contribution in [0.15, 0.2) is 15.4 Å². The molecule has 1 atom stereocenters. The summed E-state index contributed by atoms with van der Waals surface area (Å²) in [6.07, 6.45) is 3.52. The van der Waals surface area contributed by atoms with Crippen LogP contribution in [0.1, 0.15) is 30.8 Å². The van der Waals surface area contributed by atoms with E-state index in [1.165, 1.54) is 12.8 Å². The van der Waals surface area contributed by atoms with Crippen molar-refractivity contribution in [3.8, 4) is 0 Å². The predicted octanol–water partition coefficient (Wildman–Crippen LogP) is 1.87. The van der Waals surface area contributed by atoms with Crippen LogP contribution in [0.3, 0.4) is 0 Å². The van der Waals surface area contributed by atoms with Crippen LogP contribution in [-0.2, 0) is 16.6 Å². The minimum Gasteiger partial charge on any atom is -0.464 e. The molecule has 1 aromatic rings. The van der Waals surface area contributed by atoms with Gasteiger partial charge in [-0.1, -0.05) is 6.42 Å². The summed E-state index contributed by atoms with van der Waals surface area (Å²) in [6, 6.07) is 1.60. The van der Waals surface area contributed by atoms with E-state index in [0.717, 1.165) is 12.2 Å². The molecule has 1 fully saturated rings. The van der Waals surface area contributed by atoms with Crippen molar-refractivity contribution < 1.29 is 12.8 Å². The maximum atomic E-state index is 12.3. The number of rotatable bonds is 6. The Morgan fingerprint density at radius 3 is 2.90 bits per heavy atom. The average Bonchev–Trinajstić information content (AvgIpc) is 2.80. The first-order chi connectivity index (χ1) is 9.53. The number of thioether (sulfide) groups is 1. The zero-order valence-electron chi connectivity index (χ0n) is 11.9. The van der Waals surface area contributed by atoms with Gasteiger partial charge < -0.3 is 9.73 Å². The summed E-state index contributed by atoms with van der Waals surface area (Å²) >= 11 is 1.86.